The predicted octanol–water partition coefficient (Wildman–Crippen LogP) is 15.3. The lowest BCUT2D eigenvalue weighted by Gasteiger charge is -2.36. The minimum Gasteiger partial charge on any atom is -0.508 e. The van der Waals surface area contributed by atoms with E-state index in [4.69, 9.17) is 49.5 Å². The quantitative estimate of drug-likeness (QED) is 0.0639. The van der Waals surface area contributed by atoms with Gasteiger partial charge in [0.15, 0.2) is 17.5 Å². The van der Waals surface area contributed by atoms with Crippen LogP contribution >= 0.6 is 34.8 Å². The predicted molar refractivity (Wildman–Crippen MR) is 472 cm³/mol. The summed E-state index contributed by atoms with van der Waals surface area (Å²) in [6.45, 7) is 11.4. The molecule has 12 aromatic rings. The highest BCUT2D eigenvalue weighted by Crippen LogP contribution is 2.47. The number of hydrogen-bond donors (Lipinski definition) is 3. The van der Waals surface area contributed by atoms with Crippen LogP contribution in [0.5, 0.6) is 23.3 Å². The Labute approximate surface area is 718 Å². The molecule has 3 aliphatic heterocycles. The SMILES string of the molecule is CC(=O)N1CCN(c2nc(CCCC(=O)N(C)C)nc3c(F)c(-c4cc(O)cc5ccccc45)c(Cl)cc23)CC1.CCC(=O)N1CCN(c2nc(CCCC(=O)N(C)C)nc3c(F)c(-c4cc(O)cc5ccccc45)c(Cl)cc23)CC1.CCC(=O)N1CCN(c2nc(OCCC(=O)N(C)C)nc3c(F)c(-c4cc(O)cc5ccccc45)c(Cl)cc23)CC1. The molecular formula is C91H95Cl3F3N15O10. The largest absolute Gasteiger partial charge is 0.508 e. The number of fused-ring (bicyclic) bond motifs is 6. The molecule has 25 nitrogen and oxygen atoms in total. The summed E-state index contributed by atoms with van der Waals surface area (Å²) in [5, 5.41) is 37.5. The van der Waals surface area contributed by atoms with E-state index in [0.29, 0.717) is 192 Å². The number of rotatable bonds is 20. The van der Waals surface area contributed by atoms with E-state index in [9.17, 15) is 44.1 Å². The van der Waals surface area contributed by atoms with Crippen LogP contribution in [0, 0.1) is 17.5 Å². The summed E-state index contributed by atoms with van der Waals surface area (Å²) in [6, 6.07) is 36.4. The average Bonchev–Trinajstić information content (AvgIpc) is 0.752. The topological polar surface area (TPSA) is 279 Å². The number of phenols is 3. The van der Waals surface area contributed by atoms with Crippen LogP contribution in [0.15, 0.2) is 127 Å². The number of aryl methyl sites for hydroxylation is 2. The first-order chi connectivity index (χ1) is 58.5. The average molecular weight is 1720 g/mol. The van der Waals surface area contributed by atoms with Crippen molar-refractivity contribution in [2.24, 2.45) is 0 Å². The molecule has 636 valence electrons. The molecule has 9 aromatic carbocycles. The molecule has 6 amide bonds. The summed E-state index contributed by atoms with van der Waals surface area (Å²) in [4.78, 5) is 117. The van der Waals surface area contributed by atoms with Crippen molar-refractivity contribution in [1.29, 1.82) is 0 Å². The fourth-order valence-corrected chi connectivity index (χ4v) is 16.5. The number of amides is 6. The second-order valence-corrected chi connectivity index (χ2v) is 32.1. The number of piperazine rings is 3. The Kier molecular flexibility index (Phi) is 27.5. The van der Waals surface area contributed by atoms with Crippen molar-refractivity contribution in [2.75, 3.05) is 142 Å². The van der Waals surface area contributed by atoms with Crippen LogP contribution in [0.4, 0.5) is 30.6 Å². The number of aromatic nitrogens is 6. The fourth-order valence-electron chi connectivity index (χ4n) is 15.6. The lowest BCUT2D eigenvalue weighted by molar-refractivity contribution is -0.131. The van der Waals surface area contributed by atoms with Crippen molar-refractivity contribution >= 4 is 153 Å². The zero-order valence-electron chi connectivity index (χ0n) is 69.4. The monoisotopic (exact) mass is 1720 g/mol. The summed E-state index contributed by atoms with van der Waals surface area (Å²) in [5.41, 5.74) is 2.02. The molecule has 0 aliphatic carbocycles. The van der Waals surface area contributed by atoms with E-state index in [0.717, 1.165) is 32.3 Å². The van der Waals surface area contributed by atoms with Crippen LogP contribution in [0.1, 0.15) is 77.4 Å². The van der Waals surface area contributed by atoms with Gasteiger partial charge in [0.05, 0.1) is 21.5 Å². The Balaban J connectivity index is 0.000000158. The minimum atomic E-state index is -0.680. The van der Waals surface area contributed by atoms with E-state index >= 15 is 13.2 Å². The summed E-state index contributed by atoms with van der Waals surface area (Å²) >= 11 is 20.3. The van der Waals surface area contributed by atoms with Crippen molar-refractivity contribution in [3.8, 4) is 56.6 Å². The second-order valence-electron chi connectivity index (χ2n) is 30.8. The van der Waals surface area contributed by atoms with Crippen molar-refractivity contribution < 1.29 is 62.0 Å². The Hall–Kier alpha value is -12.1. The van der Waals surface area contributed by atoms with Gasteiger partial charge in [-0.1, -0.05) is 121 Å². The zero-order chi connectivity index (χ0) is 87.1. The summed E-state index contributed by atoms with van der Waals surface area (Å²) < 4.78 is 55.4. The number of benzene rings is 9. The Morgan fingerprint density at radius 3 is 1.04 bits per heavy atom. The van der Waals surface area contributed by atoms with Crippen molar-refractivity contribution in [3.05, 3.63) is 172 Å². The van der Waals surface area contributed by atoms with Gasteiger partial charge in [0.1, 0.15) is 69.5 Å². The maximum Gasteiger partial charge on any atom is 0.319 e. The van der Waals surface area contributed by atoms with Crippen molar-refractivity contribution in [1.82, 2.24) is 59.3 Å². The van der Waals surface area contributed by atoms with Crippen LogP contribution in [0.25, 0.3) is 98.4 Å². The number of halogens is 6. The van der Waals surface area contributed by atoms with Gasteiger partial charge in [0.25, 0.3) is 0 Å². The molecule has 15 rings (SSSR count). The number of hydrogen-bond acceptors (Lipinski definition) is 19. The van der Waals surface area contributed by atoms with Gasteiger partial charge in [-0.2, -0.15) is 9.97 Å². The van der Waals surface area contributed by atoms with Gasteiger partial charge in [-0.3, -0.25) is 28.8 Å². The molecule has 0 bridgehead atoms. The van der Waals surface area contributed by atoms with Crippen molar-refractivity contribution in [2.45, 2.75) is 78.6 Å². The highest BCUT2D eigenvalue weighted by Gasteiger charge is 2.32. The molecule has 0 saturated carbocycles. The summed E-state index contributed by atoms with van der Waals surface area (Å²) in [7, 11) is 10.1. The summed E-state index contributed by atoms with van der Waals surface area (Å²) in [5.74, 6) is 0.548. The van der Waals surface area contributed by atoms with Crippen LogP contribution in [0.3, 0.4) is 0 Å². The molecule has 0 atom stereocenters. The van der Waals surface area contributed by atoms with E-state index < -0.39 is 17.5 Å². The highest BCUT2D eigenvalue weighted by molar-refractivity contribution is 6.36. The number of ether oxygens (including phenoxy) is 1. The Morgan fingerprint density at radius 2 is 0.713 bits per heavy atom. The molecule has 31 heteroatoms. The molecule has 0 radical (unpaired) electrons. The molecule has 3 saturated heterocycles. The standard InChI is InChI=1S/C31H33ClFN5O3.C30H31ClFN5O4.C30H31ClFN5O3/c1-4-26(40)37-12-14-38(15-13-37)31-23-18-24(32)28(22-17-20(39)16-19-8-5-6-9-21(19)22)29(33)30(23)34-25(35-31)10-7-11-27(41)36(2)3;1-4-24(39)36-10-12-37(13-11-36)29-22-17-23(31)26(21-16-19(38)15-18-7-5-6-8-20(18)21)27(32)28(22)33-30(34-29)41-14-9-25(40)35(2)3;1-18(38)36-11-13-37(14-12-36)30-23-17-24(31)27(22-16-20(39)15-19-7-4-5-8-21(19)22)28(32)29(23)33-25(34-30)9-6-10-26(40)35(2)3/h5-6,8-9,16-18,39H,4,7,10-15H2,1-3H3;5-8,15-17,38H,4,9-14H2,1-3H3;4-5,7-8,15-17,39H,6,9-14H2,1-3H3. The lowest BCUT2D eigenvalue weighted by Crippen LogP contribution is -2.49. The fraction of sp³-hybridized carbons (Fsp3) is 0.341. The van der Waals surface area contributed by atoms with Gasteiger partial charge < -0.3 is 64.2 Å². The van der Waals surface area contributed by atoms with Crippen LogP contribution < -0.4 is 19.4 Å². The normalized spacial score (nSPS) is 13.7. The second kappa shape index (κ2) is 38.3. The van der Waals surface area contributed by atoms with E-state index in [1.54, 1.807) is 95.4 Å². The van der Waals surface area contributed by atoms with E-state index in [1.807, 2.05) is 106 Å². The molecule has 3 aliphatic rings. The van der Waals surface area contributed by atoms with Crippen molar-refractivity contribution in [3.63, 3.8) is 0 Å². The highest BCUT2D eigenvalue weighted by atomic mass is 35.5. The van der Waals surface area contributed by atoms with Crippen LogP contribution in [-0.4, -0.2) is 237 Å². The number of aromatic hydroxyl groups is 3. The number of phenolic OH excluding ortho intramolecular Hbond substituents is 3. The van der Waals surface area contributed by atoms with E-state index in [-0.39, 0.29) is 120 Å². The number of anilines is 3. The number of nitrogens with zero attached hydrogens (tertiary/aromatic N) is 15. The Bertz CT molecular complexity index is 5800. The van der Waals surface area contributed by atoms with Gasteiger partial charge in [-0.15, -0.1) is 0 Å². The molecular weight excluding hydrogens is 1630 g/mol. The molecule has 6 heterocycles. The number of carbonyl (C=O) groups excluding carboxylic acids is 6. The maximum atomic E-state index is 16.6. The first-order valence-electron chi connectivity index (χ1n) is 40.5. The van der Waals surface area contributed by atoms with Gasteiger partial charge in [-0.05, 0) is 116 Å². The third-order valence-electron chi connectivity index (χ3n) is 22.1. The van der Waals surface area contributed by atoms with E-state index in [1.165, 1.54) is 32.9 Å². The smallest absolute Gasteiger partial charge is 0.319 e. The zero-order valence-corrected chi connectivity index (χ0v) is 71.6. The third kappa shape index (κ3) is 19.3. The molecule has 3 fully saturated rings. The van der Waals surface area contributed by atoms with E-state index in [2.05, 4.69) is 19.9 Å². The lowest BCUT2D eigenvalue weighted by atomic mass is 9.96. The first-order valence-corrected chi connectivity index (χ1v) is 41.6. The van der Waals surface area contributed by atoms with Gasteiger partial charge in [0, 0.05) is 199 Å². The molecule has 3 aromatic heterocycles. The molecule has 3 N–H and O–H groups in total. The maximum absolute atomic E-state index is 16.6. The van der Waals surface area contributed by atoms with Gasteiger partial charge in [0.2, 0.25) is 35.4 Å². The first kappa shape index (κ1) is 87.7. The Morgan fingerprint density at radius 1 is 0.402 bits per heavy atom. The summed E-state index contributed by atoms with van der Waals surface area (Å²) in [6.07, 6.45) is 3.43. The minimum absolute atomic E-state index is 0.00117. The molecule has 122 heavy (non-hydrogen) atoms. The molecule has 0 unspecified atom stereocenters. The third-order valence-corrected chi connectivity index (χ3v) is 23.0. The van der Waals surface area contributed by atoms with Gasteiger partial charge >= 0.3 is 6.01 Å². The molecule has 0 spiro atoms. The number of carbonyl (C=O) groups is 6. The van der Waals surface area contributed by atoms with Crippen LogP contribution in [-0.2, 0) is 41.6 Å². The van der Waals surface area contributed by atoms with Crippen LogP contribution in [0.2, 0.25) is 15.1 Å². The van der Waals surface area contributed by atoms with Gasteiger partial charge in [-0.25, -0.2) is 33.1 Å².